The minimum absolute atomic E-state index is 0.0379. The van der Waals surface area contributed by atoms with Gasteiger partial charge in [0.25, 0.3) is 5.91 Å². The average molecular weight is 438 g/mol. The monoisotopic (exact) mass is 437 g/mol. The number of halogens is 1. The zero-order chi connectivity index (χ0) is 22.0. The Labute approximate surface area is 188 Å². The van der Waals surface area contributed by atoms with Crippen LogP contribution in [0.5, 0.6) is 0 Å². The molecule has 6 nitrogen and oxygen atoms in total. The quantitative estimate of drug-likeness (QED) is 0.587. The van der Waals surface area contributed by atoms with Crippen molar-refractivity contribution in [2.24, 2.45) is 0 Å². The van der Waals surface area contributed by atoms with Crippen molar-refractivity contribution in [1.29, 1.82) is 0 Å². The first-order valence-corrected chi connectivity index (χ1v) is 11.1. The van der Waals surface area contributed by atoms with E-state index >= 15 is 0 Å². The summed E-state index contributed by atoms with van der Waals surface area (Å²) in [6.45, 7) is 9.31. The second-order valence-electron chi connectivity index (χ2n) is 8.22. The number of hydrogen-bond acceptors (Lipinski definition) is 4. The van der Waals surface area contributed by atoms with E-state index in [9.17, 15) is 4.79 Å². The van der Waals surface area contributed by atoms with E-state index in [-0.39, 0.29) is 17.9 Å². The molecule has 0 aliphatic carbocycles. The molecule has 1 aliphatic heterocycles. The van der Waals surface area contributed by atoms with Gasteiger partial charge in [0.05, 0.1) is 17.5 Å². The Bertz CT molecular complexity index is 1040. The second kappa shape index (κ2) is 9.20. The Morgan fingerprint density at radius 1 is 1.00 bits per heavy atom. The molecule has 0 radical (unpaired) electrons. The van der Waals surface area contributed by atoms with E-state index in [2.05, 4.69) is 41.8 Å². The zero-order valence-corrected chi connectivity index (χ0v) is 19.0. The average Bonchev–Trinajstić information content (AvgIpc) is 3.25. The van der Waals surface area contributed by atoms with E-state index in [0.717, 1.165) is 35.2 Å². The third-order valence-electron chi connectivity index (χ3n) is 5.95. The SMILES string of the molecule is CC(C)c1c(C(=O)N2CCN(C(C)c3ccccc3Cl)CC2)cnn1-c1ccccn1. The first-order chi connectivity index (χ1) is 15.0. The predicted octanol–water partition coefficient (Wildman–Crippen LogP) is 4.56. The number of piperazine rings is 1. The first kappa shape index (κ1) is 21.5. The van der Waals surface area contributed by atoms with Gasteiger partial charge in [-0.25, -0.2) is 9.67 Å². The van der Waals surface area contributed by atoms with Gasteiger partial charge in [-0.15, -0.1) is 0 Å². The lowest BCUT2D eigenvalue weighted by molar-refractivity contribution is 0.0580. The molecule has 1 atom stereocenters. The van der Waals surface area contributed by atoms with Crippen molar-refractivity contribution in [3.05, 3.63) is 76.7 Å². The summed E-state index contributed by atoms with van der Waals surface area (Å²) < 4.78 is 1.79. The maximum absolute atomic E-state index is 13.4. The van der Waals surface area contributed by atoms with Crippen LogP contribution in [0.4, 0.5) is 0 Å². The highest BCUT2D eigenvalue weighted by Crippen LogP contribution is 2.29. The van der Waals surface area contributed by atoms with Crippen molar-refractivity contribution in [2.45, 2.75) is 32.7 Å². The Balaban J connectivity index is 1.49. The molecule has 4 rings (SSSR count). The summed E-state index contributed by atoms with van der Waals surface area (Å²) in [6, 6.07) is 13.9. The van der Waals surface area contributed by atoms with E-state index in [1.54, 1.807) is 17.1 Å². The van der Waals surface area contributed by atoms with Crippen LogP contribution in [0.15, 0.2) is 54.9 Å². The van der Waals surface area contributed by atoms with Crippen LogP contribution < -0.4 is 0 Å². The minimum atomic E-state index is 0.0379. The van der Waals surface area contributed by atoms with Crippen LogP contribution in [0.3, 0.4) is 0 Å². The number of carbonyl (C=O) groups excluding carboxylic acids is 1. The number of nitrogens with zero attached hydrogens (tertiary/aromatic N) is 5. The largest absolute Gasteiger partial charge is 0.336 e. The van der Waals surface area contributed by atoms with Crippen molar-refractivity contribution < 1.29 is 4.79 Å². The third kappa shape index (κ3) is 4.36. The number of amides is 1. The standard InChI is InChI=1S/C24H28ClN5O/c1-17(2)23-20(16-27-30(23)22-10-6-7-11-26-22)24(31)29-14-12-28(13-15-29)18(3)19-8-4-5-9-21(19)25/h4-11,16-18H,12-15H2,1-3H3. The normalized spacial score (nSPS) is 16.0. The van der Waals surface area contributed by atoms with Crippen molar-refractivity contribution >= 4 is 17.5 Å². The van der Waals surface area contributed by atoms with Gasteiger partial charge in [0.1, 0.15) is 0 Å². The van der Waals surface area contributed by atoms with E-state index < -0.39 is 0 Å². The molecule has 31 heavy (non-hydrogen) atoms. The molecule has 162 valence electrons. The lowest BCUT2D eigenvalue weighted by atomic mass is 10.0. The number of rotatable bonds is 5. The van der Waals surface area contributed by atoms with Gasteiger partial charge in [0.2, 0.25) is 0 Å². The number of carbonyl (C=O) groups is 1. The molecule has 0 N–H and O–H groups in total. The molecule has 1 fully saturated rings. The Kier molecular flexibility index (Phi) is 6.39. The molecule has 0 bridgehead atoms. The van der Waals surface area contributed by atoms with Gasteiger partial charge in [-0.2, -0.15) is 5.10 Å². The number of benzene rings is 1. The minimum Gasteiger partial charge on any atom is -0.336 e. The molecule has 0 spiro atoms. The van der Waals surface area contributed by atoms with E-state index in [1.807, 2.05) is 41.3 Å². The molecule has 7 heteroatoms. The fourth-order valence-electron chi connectivity index (χ4n) is 4.23. The third-order valence-corrected chi connectivity index (χ3v) is 6.30. The van der Waals surface area contributed by atoms with Gasteiger partial charge < -0.3 is 4.90 Å². The van der Waals surface area contributed by atoms with Crippen LogP contribution in [0, 0.1) is 0 Å². The van der Waals surface area contributed by atoms with Crippen LogP contribution in [-0.4, -0.2) is 56.7 Å². The molecular weight excluding hydrogens is 410 g/mol. The zero-order valence-electron chi connectivity index (χ0n) is 18.2. The summed E-state index contributed by atoms with van der Waals surface area (Å²) in [5.74, 6) is 0.907. The maximum atomic E-state index is 13.4. The molecule has 1 unspecified atom stereocenters. The van der Waals surface area contributed by atoms with Crippen molar-refractivity contribution in [1.82, 2.24) is 24.6 Å². The lowest BCUT2D eigenvalue weighted by Gasteiger charge is -2.38. The molecule has 1 saturated heterocycles. The molecular formula is C24H28ClN5O. The number of hydrogen-bond donors (Lipinski definition) is 0. The fourth-order valence-corrected chi connectivity index (χ4v) is 4.53. The Morgan fingerprint density at radius 3 is 2.35 bits per heavy atom. The molecule has 1 amide bonds. The topological polar surface area (TPSA) is 54.3 Å². The van der Waals surface area contributed by atoms with Crippen LogP contribution >= 0.6 is 11.6 Å². The highest BCUT2D eigenvalue weighted by Gasteiger charge is 2.29. The lowest BCUT2D eigenvalue weighted by Crippen LogP contribution is -2.49. The van der Waals surface area contributed by atoms with Gasteiger partial charge in [-0.1, -0.05) is 49.7 Å². The van der Waals surface area contributed by atoms with Gasteiger partial charge in [0, 0.05) is 43.4 Å². The van der Waals surface area contributed by atoms with Gasteiger partial charge in [0.15, 0.2) is 5.82 Å². The number of pyridine rings is 1. The summed E-state index contributed by atoms with van der Waals surface area (Å²) in [4.78, 5) is 22.1. The van der Waals surface area contributed by atoms with Gasteiger partial charge in [-0.3, -0.25) is 9.69 Å². The van der Waals surface area contributed by atoms with Crippen LogP contribution in [0.2, 0.25) is 5.02 Å². The van der Waals surface area contributed by atoms with Gasteiger partial charge in [-0.05, 0) is 36.6 Å². The van der Waals surface area contributed by atoms with Crippen molar-refractivity contribution in [3.63, 3.8) is 0 Å². The summed E-state index contributed by atoms with van der Waals surface area (Å²) in [5, 5.41) is 5.29. The van der Waals surface area contributed by atoms with Crippen molar-refractivity contribution in [3.8, 4) is 5.82 Å². The fraction of sp³-hybridized carbons (Fsp3) is 0.375. The van der Waals surface area contributed by atoms with Crippen LogP contribution in [-0.2, 0) is 0 Å². The smallest absolute Gasteiger partial charge is 0.257 e. The van der Waals surface area contributed by atoms with Crippen LogP contribution in [0.1, 0.15) is 54.3 Å². The Morgan fingerprint density at radius 2 is 1.71 bits per heavy atom. The molecule has 2 aromatic heterocycles. The Hall–Kier alpha value is -2.70. The summed E-state index contributed by atoms with van der Waals surface area (Å²) >= 11 is 6.39. The van der Waals surface area contributed by atoms with E-state index in [4.69, 9.17) is 11.6 Å². The van der Waals surface area contributed by atoms with E-state index in [1.165, 1.54) is 0 Å². The highest BCUT2D eigenvalue weighted by atomic mass is 35.5. The second-order valence-corrected chi connectivity index (χ2v) is 8.63. The first-order valence-electron chi connectivity index (χ1n) is 10.7. The van der Waals surface area contributed by atoms with Crippen molar-refractivity contribution in [2.75, 3.05) is 26.2 Å². The molecule has 1 aliphatic rings. The maximum Gasteiger partial charge on any atom is 0.257 e. The molecule has 0 saturated carbocycles. The summed E-state index contributed by atoms with van der Waals surface area (Å²) in [6.07, 6.45) is 3.42. The predicted molar refractivity (Wildman–Crippen MR) is 123 cm³/mol. The molecule has 3 heterocycles. The molecule has 3 aromatic rings. The number of aromatic nitrogens is 3. The summed E-state index contributed by atoms with van der Waals surface area (Å²) in [5.41, 5.74) is 2.69. The summed E-state index contributed by atoms with van der Waals surface area (Å²) in [7, 11) is 0. The van der Waals surface area contributed by atoms with Crippen LogP contribution in [0.25, 0.3) is 5.82 Å². The van der Waals surface area contributed by atoms with E-state index in [0.29, 0.717) is 18.7 Å². The molecule has 1 aromatic carbocycles. The van der Waals surface area contributed by atoms with Gasteiger partial charge >= 0.3 is 0 Å². The highest BCUT2D eigenvalue weighted by molar-refractivity contribution is 6.31.